The number of hydrogen-bond acceptors (Lipinski definition) is 9. The van der Waals surface area contributed by atoms with Gasteiger partial charge in [0.1, 0.15) is 11.9 Å². The third-order valence-corrected chi connectivity index (χ3v) is 4.50. The molecule has 1 fully saturated rings. The summed E-state index contributed by atoms with van der Waals surface area (Å²) in [5.74, 6) is -2.84. The van der Waals surface area contributed by atoms with Crippen molar-refractivity contribution in [3.63, 3.8) is 0 Å². The van der Waals surface area contributed by atoms with E-state index in [0.717, 1.165) is 0 Å². The average Bonchev–Trinajstić information content (AvgIpc) is 2.76. The van der Waals surface area contributed by atoms with Crippen LogP contribution in [0.5, 0.6) is 0 Å². The minimum absolute atomic E-state index is 0.00824. The number of carboxylic acid groups (broad SMARTS) is 1. The standard InChI is InChI=1S/C20H27N5O7/c1-11(16(26)17(19(28)29)32-14-5-7-22-8-6-14)25-18(27)15-4-3-13(9-23-15)10-24-20(30)31-12(2)21/h3-4,9-12,14,17,22H,5-8,21H2,1-2H3,(H,25,27)(H,28,29)/b24-10+. The van der Waals surface area contributed by atoms with Gasteiger partial charge in [0, 0.05) is 18.0 Å². The maximum Gasteiger partial charge on any atom is 0.435 e. The molecular weight excluding hydrogens is 422 g/mol. The van der Waals surface area contributed by atoms with E-state index in [9.17, 15) is 24.3 Å². The quantitative estimate of drug-likeness (QED) is 0.225. The zero-order valence-electron chi connectivity index (χ0n) is 17.8. The second-order valence-corrected chi connectivity index (χ2v) is 7.23. The third-order valence-electron chi connectivity index (χ3n) is 4.50. The summed E-state index contributed by atoms with van der Waals surface area (Å²) in [7, 11) is 0. The Kier molecular flexibility index (Phi) is 9.38. The summed E-state index contributed by atoms with van der Waals surface area (Å²) in [6.45, 7) is 4.22. The summed E-state index contributed by atoms with van der Waals surface area (Å²) in [5.41, 5.74) is 5.73. The minimum atomic E-state index is -1.67. The van der Waals surface area contributed by atoms with E-state index in [-0.39, 0.29) is 11.8 Å². The Morgan fingerprint density at radius 2 is 1.97 bits per heavy atom. The molecule has 1 saturated heterocycles. The number of nitrogens with two attached hydrogens (primary N) is 1. The van der Waals surface area contributed by atoms with Gasteiger partial charge < -0.3 is 25.2 Å². The number of hydrogen-bond donors (Lipinski definition) is 4. The number of ether oxygens (including phenoxy) is 2. The van der Waals surface area contributed by atoms with Gasteiger partial charge in [-0.15, -0.1) is 0 Å². The number of pyridine rings is 1. The smallest absolute Gasteiger partial charge is 0.435 e. The molecule has 174 valence electrons. The number of piperidine rings is 1. The molecule has 2 heterocycles. The number of carboxylic acids is 1. The Morgan fingerprint density at radius 1 is 1.28 bits per heavy atom. The van der Waals surface area contributed by atoms with Gasteiger partial charge in [0.05, 0.1) is 12.1 Å². The molecule has 5 N–H and O–H groups in total. The number of carbonyl (C=O) groups is 4. The highest BCUT2D eigenvalue weighted by Gasteiger charge is 2.34. The number of rotatable bonds is 9. The van der Waals surface area contributed by atoms with E-state index in [0.29, 0.717) is 31.5 Å². The topological polar surface area (TPSA) is 182 Å². The van der Waals surface area contributed by atoms with Crippen molar-refractivity contribution >= 4 is 30.0 Å². The number of nitrogens with zero attached hydrogens (tertiary/aromatic N) is 2. The lowest BCUT2D eigenvalue weighted by atomic mass is 10.1. The molecule has 1 aromatic heterocycles. The Morgan fingerprint density at radius 3 is 2.53 bits per heavy atom. The molecule has 0 aromatic carbocycles. The van der Waals surface area contributed by atoms with Crippen LogP contribution in [-0.4, -0.2) is 77.6 Å². The maximum absolute atomic E-state index is 12.6. The van der Waals surface area contributed by atoms with Gasteiger partial charge in [-0.3, -0.25) is 20.3 Å². The number of aliphatic imine (C=N–C) groups is 1. The Balaban J connectivity index is 1.94. The Bertz CT molecular complexity index is 850. The molecule has 3 unspecified atom stereocenters. The van der Waals surface area contributed by atoms with Crippen LogP contribution in [0.15, 0.2) is 23.3 Å². The van der Waals surface area contributed by atoms with Gasteiger partial charge in [-0.2, -0.15) is 4.99 Å². The predicted molar refractivity (Wildman–Crippen MR) is 112 cm³/mol. The predicted octanol–water partition coefficient (Wildman–Crippen LogP) is -0.149. The first-order valence-corrected chi connectivity index (χ1v) is 10.1. The number of aromatic nitrogens is 1. The monoisotopic (exact) mass is 449 g/mol. The van der Waals surface area contributed by atoms with Crippen molar-refractivity contribution in [2.24, 2.45) is 10.7 Å². The number of nitrogens with one attached hydrogen (secondary N) is 2. The first kappa shape index (κ1) is 25.0. The van der Waals surface area contributed by atoms with Gasteiger partial charge in [0.25, 0.3) is 5.91 Å². The van der Waals surface area contributed by atoms with E-state index >= 15 is 0 Å². The molecule has 12 nitrogen and oxygen atoms in total. The van der Waals surface area contributed by atoms with Crippen LogP contribution in [0.2, 0.25) is 0 Å². The van der Waals surface area contributed by atoms with E-state index < -0.39 is 42.1 Å². The Labute approximate surface area is 184 Å². The van der Waals surface area contributed by atoms with Gasteiger partial charge in [0.2, 0.25) is 6.10 Å². The van der Waals surface area contributed by atoms with Gasteiger partial charge in [-0.05, 0) is 51.9 Å². The SMILES string of the molecule is CC(N)OC(=O)/N=C/c1ccc(C(=O)NC(C)C(=O)C(OC2CCNCC2)C(=O)O)nc1. The fourth-order valence-electron chi connectivity index (χ4n) is 2.87. The lowest BCUT2D eigenvalue weighted by Gasteiger charge is -2.26. The normalized spacial score (nSPS) is 17.3. The third kappa shape index (κ3) is 7.80. The average molecular weight is 449 g/mol. The fraction of sp³-hybridized carbons (Fsp3) is 0.500. The fourth-order valence-corrected chi connectivity index (χ4v) is 2.87. The number of aliphatic carboxylic acids is 1. The van der Waals surface area contributed by atoms with Crippen molar-refractivity contribution in [3.8, 4) is 0 Å². The van der Waals surface area contributed by atoms with Gasteiger partial charge in [-0.25, -0.2) is 9.59 Å². The summed E-state index contributed by atoms with van der Waals surface area (Å²) in [4.78, 5) is 55.4. The Hall–Kier alpha value is -3.22. The highest BCUT2D eigenvalue weighted by Crippen LogP contribution is 2.12. The maximum atomic E-state index is 12.6. The second kappa shape index (κ2) is 12.0. The van der Waals surface area contributed by atoms with Gasteiger partial charge >= 0.3 is 12.1 Å². The second-order valence-electron chi connectivity index (χ2n) is 7.23. The van der Waals surface area contributed by atoms with Crippen LogP contribution < -0.4 is 16.4 Å². The van der Waals surface area contributed by atoms with Gasteiger partial charge in [-0.1, -0.05) is 0 Å². The number of amides is 2. The highest BCUT2D eigenvalue weighted by atomic mass is 16.6. The molecule has 0 saturated carbocycles. The highest BCUT2D eigenvalue weighted by molar-refractivity contribution is 6.06. The van der Waals surface area contributed by atoms with Crippen molar-refractivity contribution in [2.75, 3.05) is 13.1 Å². The summed E-state index contributed by atoms with van der Waals surface area (Å²) in [5, 5.41) is 15.0. The molecule has 0 radical (unpaired) electrons. The van der Waals surface area contributed by atoms with Crippen molar-refractivity contribution in [3.05, 3.63) is 29.6 Å². The molecule has 0 spiro atoms. The molecule has 3 atom stereocenters. The van der Waals surface area contributed by atoms with E-state index in [1.54, 1.807) is 0 Å². The van der Waals surface area contributed by atoms with Crippen molar-refractivity contribution in [1.29, 1.82) is 0 Å². The molecular formula is C20H27N5O7. The van der Waals surface area contributed by atoms with Crippen LogP contribution >= 0.6 is 0 Å². The van der Waals surface area contributed by atoms with Crippen molar-refractivity contribution in [2.45, 2.75) is 51.2 Å². The molecule has 1 aliphatic rings. The molecule has 32 heavy (non-hydrogen) atoms. The first-order chi connectivity index (χ1) is 15.2. The van der Waals surface area contributed by atoms with Crippen LogP contribution in [0.25, 0.3) is 0 Å². The van der Waals surface area contributed by atoms with Crippen molar-refractivity contribution < 1.29 is 33.8 Å². The lowest BCUT2D eigenvalue weighted by molar-refractivity contribution is -0.162. The molecule has 2 rings (SSSR count). The van der Waals surface area contributed by atoms with E-state index in [4.69, 9.17) is 10.5 Å². The molecule has 2 amide bonds. The zero-order valence-corrected chi connectivity index (χ0v) is 17.8. The first-order valence-electron chi connectivity index (χ1n) is 10.1. The molecule has 0 aliphatic carbocycles. The summed E-state index contributed by atoms with van der Waals surface area (Å²) < 4.78 is 10.1. The molecule has 1 aromatic rings. The molecule has 1 aliphatic heterocycles. The number of carbonyl (C=O) groups excluding carboxylic acids is 3. The largest absolute Gasteiger partial charge is 0.479 e. The van der Waals surface area contributed by atoms with Crippen LogP contribution in [0, 0.1) is 0 Å². The molecule has 0 bridgehead atoms. The number of Topliss-reactive ketones (excluding diaryl/α,β-unsaturated/α-hetero) is 1. The minimum Gasteiger partial charge on any atom is -0.479 e. The summed E-state index contributed by atoms with van der Waals surface area (Å²) >= 11 is 0. The zero-order chi connectivity index (χ0) is 23.7. The van der Waals surface area contributed by atoms with Gasteiger partial charge in [0.15, 0.2) is 5.78 Å². The van der Waals surface area contributed by atoms with Crippen LogP contribution in [-0.2, 0) is 19.1 Å². The summed E-state index contributed by atoms with van der Waals surface area (Å²) in [6, 6.07) is 1.74. The van der Waals surface area contributed by atoms with Crippen molar-refractivity contribution in [1.82, 2.24) is 15.6 Å². The molecule has 12 heteroatoms. The van der Waals surface area contributed by atoms with E-state index in [1.165, 1.54) is 38.4 Å². The van der Waals surface area contributed by atoms with Crippen LogP contribution in [0.3, 0.4) is 0 Å². The lowest BCUT2D eigenvalue weighted by Crippen LogP contribution is -2.49. The van der Waals surface area contributed by atoms with E-state index in [1.807, 2.05) is 0 Å². The van der Waals surface area contributed by atoms with Crippen LogP contribution in [0.4, 0.5) is 4.79 Å². The number of ketones is 1. The van der Waals surface area contributed by atoms with E-state index in [2.05, 4.69) is 25.3 Å². The van der Waals surface area contributed by atoms with Crippen LogP contribution in [0.1, 0.15) is 42.7 Å². The summed E-state index contributed by atoms with van der Waals surface area (Å²) in [6.07, 6.45) is 0.0149.